The van der Waals surface area contributed by atoms with Crippen LogP contribution < -0.4 is 0 Å². The molecule has 0 saturated carbocycles. The average molecular weight is 320 g/mol. The molecule has 0 amide bonds. The van der Waals surface area contributed by atoms with Crippen LogP contribution in [0.25, 0.3) is 0 Å². The van der Waals surface area contributed by atoms with Gasteiger partial charge in [-0.3, -0.25) is 9.80 Å². The van der Waals surface area contributed by atoms with Crippen molar-refractivity contribution in [2.24, 2.45) is 0 Å². The zero-order valence-corrected chi connectivity index (χ0v) is 13.5. The van der Waals surface area contributed by atoms with Crippen LogP contribution in [0, 0.1) is 18.2 Å². The fourth-order valence-electron chi connectivity index (χ4n) is 2.69. The maximum atomic E-state index is 13.4. The summed E-state index contributed by atoms with van der Waals surface area (Å²) in [6.45, 7) is 5.73. The molecular formula is C18H25FN2O2. The Morgan fingerprint density at radius 3 is 2.61 bits per heavy atom. The highest BCUT2D eigenvalue weighted by molar-refractivity contribution is 5.16. The van der Waals surface area contributed by atoms with Crippen LogP contribution in [0.1, 0.15) is 12.0 Å². The fourth-order valence-corrected chi connectivity index (χ4v) is 2.69. The van der Waals surface area contributed by atoms with Gasteiger partial charge in [0.15, 0.2) is 0 Å². The molecule has 0 aliphatic carbocycles. The molecule has 0 spiro atoms. The van der Waals surface area contributed by atoms with E-state index in [9.17, 15) is 9.50 Å². The lowest BCUT2D eigenvalue weighted by Crippen LogP contribution is -2.49. The molecule has 5 heteroatoms. The smallest absolute Gasteiger partial charge is 0.128 e. The Hall–Kier alpha value is -1.45. The molecule has 1 saturated heterocycles. The minimum atomic E-state index is -0.556. The molecular weight excluding hydrogens is 295 g/mol. The van der Waals surface area contributed by atoms with Crippen LogP contribution in [0.5, 0.6) is 0 Å². The first-order valence-electron chi connectivity index (χ1n) is 8.06. The van der Waals surface area contributed by atoms with E-state index in [4.69, 9.17) is 11.2 Å². The fraction of sp³-hybridized carbons (Fsp3) is 0.556. The molecule has 1 aromatic rings. The minimum Gasteiger partial charge on any atom is -0.389 e. The maximum Gasteiger partial charge on any atom is 0.128 e. The Balaban J connectivity index is 1.61. The third kappa shape index (κ3) is 6.28. The lowest BCUT2D eigenvalue weighted by molar-refractivity contribution is 0.000940. The van der Waals surface area contributed by atoms with E-state index in [1.165, 1.54) is 6.07 Å². The molecule has 0 bridgehead atoms. The number of hydrogen-bond donors (Lipinski definition) is 1. The van der Waals surface area contributed by atoms with Gasteiger partial charge < -0.3 is 9.84 Å². The number of piperazine rings is 1. The van der Waals surface area contributed by atoms with Gasteiger partial charge in [0.1, 0.15) is 5.82 Å². The quantitative estimate of drug-likeness (QED) is 0.734. The summed E-state index contributed by atoms with van der Waals surface area (Å²) in [5.74, 6) is 2.39. The third-order valence-electron chi connectivity index (χ3n) is 4.03. The van der Waals surface area contributed by atoms with Crippen molar-refractivity contribution in [2.75, 3.05) is 45.9 Å². The lowest BCUT2D eigenvalue weighted by atomic mass is 10.2. The first kappa shape index (κ1) is 17.9. The number of nitrogens with zero attached hydrogens (tertiary/aromatic N) is 2. The van der Waals surface area contributed by atoms with Gasteiger partial charge in [0.2, 0.25) is 0 Å². The molecule has 0 radical (unpaired) electrons. The van der Waals surface area contributed by atoms with E-state index in [0.717, 1.165) is 39.1 Å². The number of terminal acetylenes is 1. The largest absolute Gasteiger partial charge is 0.389 e. The van der Waals surface area contributed by atoms with E-state index in [-0.39, 0.29) is 19.0 Å². The first-order valence-corrected chi connectivity index (χ1v) is 8.06. The molecule has 1 fully saturated rings. The Bertz CT molecular complexity index is 510. The van der Waals surface area contributed by atoms with E-state index in [0.29, 0.717) is 12.1 Å². The molecule has 1 unspecified atom stereocenters. The van der Waals surface area contributed by atoms with E-state index < -0.39 is 6.10 Å². The van der Waals surface area contributed by atoms with E-state index >= 15 is 0 Å². The molecule has 1 atom stereocenters. The van der Waals surface area contributed by atoms with Gasteiger partial charge in [-0.1, -0.05) is 18.2 Å². The molecule has 126 valence electrons. The van der Waals surface area contributed by atoms with Gasteiger partial charge in [0, 0.05) is 51.3 Å². The molecule has 0 aromatic heterocycles. The summed E-state index contributed by atoms with van der Waals surface area (Å²) in [5, 5.41) is 10.1. The monoisotopic (exact) mass is 320 g/mol. The van der Waals surface area contributed by atoms with Crippen molar-refractivity contribution in [2.45, 2.75) is 19.1 Å². The van der Waals surface area contributed by atoms with Gasteiger partial charge in [-0.15, -0.1) is 12.3 Å². The number of ether oxygens (including phenoxy) is 1. The number of hydrogen-bond acceptors (Lipinski definition) is 4. The standard InChI is InChI=1S/C18H25FN2O2/c1-2-3-8-20-9-11-21(12-10-20)13-17(22)15-23-14-16-6-4-5-7-18(16)19/h1,4-7,17,22H,3,8-15H2. The Morgan fingerprint density at radius 1 is 1.22 bits per heavy atom. The molecule has 2 rings (SSSR count). The molecule has 23 heavy (non-hydrogen) atoms. The van der Waals surface area contributed by atoms with Crippen molar-refractivity contribution in [1.29, 1.82) is 0 Å². The summed E-state index contributed by atoms with van der Waals surface area (Å²) in [4.78, 5) is 4.57. The molecule has 4 nitrogen and oxygen atoms in total. The van der Waals surface area contributed by atoms with Gasteiger partial charge in [-0.2, -0.15) is 0 Å². The maximum absolute atomic E-state index is 13.4. The molecule has 1 aliphatic heterocycles. The van der Waals surface area contributed by atoms with Crippen LogP contribution in [-0.2, 0) is 11.3 Å². The van der Waals surface area contributed by atoms with Crippen molar-refractivity contribution in [1.82, 2.24) is 9.80 Å². The van der Waals surface area contributed by atoms with Gasteiger partial charge in [0.05, 0.1) is 19.3 Å². The highest BCUT2D eigenvalue weighted by atomic mass is 19.1. The zero-order chi connectivity index (χ0) is 16.5. The lowest BCUT2D eigenvalue weighted by Gasteiger charge is -2.35. The summed E-state index contributed by atoms with van der Waals surface area (Å²) in [6, 6.07) is 6.53. The van der Waals surface area contributed by atoms with Crippen molar-refractivity contribution in [3.63, 3.8) is 0 Å². The van der Waals surface area contributed by atoms with Crippen molar-refractivity contribution in [3.05, 3.63) is 35.6 Å². The van der Waals surface area contributed by atoms with Crippen molar-refractivity contribution < 1.29 is 14.2 Å². The molecule has 1 aliphatic rings. The number of aliphatic hydroxyl groups is 1. The molecule has 1 N–H and O–H groups in total. The Morgan fingerprint density at radius 2 is 1.91 bits per heavy atom. The first-order chi connectivity index (χ1) is 11.2. The van der Waals surface area contributed by atoms with Crippen molar-refractivity contribution in [3.8, 4) is 12.3 Å². The van der Waals surface area contributed by atoms with Crippen LogP contribution in [0.3, 0.4) is 0 Å². The molecule has 1 heterocycles. The Labute approximate surface area is 137 Å². The second-order valence-electron chi connectivity index (χ2n) is 5.86. The molecule has 1 aromatic carbocycles. The van der Waals surface area contributed by atoms with Crippen LogP contribution in [0.4, 0.5) is 4.39 Å². The summed E-state index contributed by atoms with van der Waals surface area (Å²) in [5.41, 5.74) is 0.516. The summed E-state index contributed by atoms with van der Waals surface area (Å²) < 4.78 is 18.9. The van der Waals surface area contributed by atoms with Gasteiger partial charge in [-0.25, -0.2) is 4.39 Å². The second-order valence-corrected chi connectivity index (χ2v) is 5.86. The van der Waals surface area contributed by atoms with Crippen LogP contribution in [0.15, 0.2) is 24.3 Å². The minimum absolute atomic E-state index is 0.184. The number of aliphatic hydroxyl groups excluding tert-OH is 1. The van der Waals surface area contributed by atoms with E-state index in [1.54, 1.807) is 18.2 Å². The summed E-state index contributed by atoms with van der Waals surface area (Å²) in [7, 11) is 0. The second kappa shape index (κ2) is 9.64. The van der Waals surface area contributed by atoms with E-state index in [2.05, 4.69) is 15.7 Å². The van der Waals surface area contributed by atoms with Crippen LogP contribution in [-0.4, -0.2) is 66.9 Å². The topological polar surface area (TPSA) is 35.9 Å². The van der Waals surface area contributed by atoms with Gasteiger partial charge in [-0.05, 0) is 6.07 Å². The third-order valence-corrected chi connectivity index (χ3v) is 4.03. The predicted octanol–water partition coefficient (Wildman–Crippen LogP) is 1.34. The Kier molecular flexibility index (Phi) is 7.50. The van der Waals surface area contributed by atoms with E-state index in [1.807, 2.05) is 0 Å². The summed E-state index contributed by atoms with van der Waals surface area (Å²) >= 11 is 0. The number of rotatable bonds is 8. The van der Waals surface area contributed by atoms with Gasteiger partial charge >= 0.3 is 0 Å². The highest BCUT2D eigenvalue weighted by Gasteiger charge is 2.18. The van der Waals surface area contributed by atoms with Crippen molar-refractivity contribution >= 4 is 0 Å². The van der Waals surface area contributed by atoms with Crippen LogP contribution in [0.2, 0.25) is 0 Å². The van der Waals surface area contributed by atoms with Crippen LogP contribution >= 0.6 is 0 Å². The summed E-state index contributed by atoms with van der Waals surface area (Å²) in [6.07, 6.45) is 5.51. The number of halogens is 1. The normalized spacial score (nSPS) is 17.8. The average Bonchev–Trinajstić information content (AvgIpc) is 2.56. The number of benzene rings is 1. The zero-order valence-electron chi connectivity index (χ0n) is 13.5. The number of β-amino-alcohol motifs (C(OH)–C–C–N with tert-alkyl or cyclic N) is 1. The van der Waals surface area contributed by atoms with Gasteiger partial charge in [0.25, 0.3) is 0 Å². The highest BCUT2D eigenvalue weighted by Crippen LogP contribution is 2.08. The SMILES string of the molecule is C#CCCN1CCN(CC(O)COCc2ccccc2F)CC1. The predicted molar refractivity (Wildman–Crippen MR) is 88.4 cm³/mol.